The zero-order valence-electron chi connectivity index (χ0n) is 10.1. The van der Waals surface area contributed by atoms with Crippen LogP contribution >= 0.6 is 11.3 Å². The molecule has 2 aromatic rings. The maximum Gasteiger partial charge on any atom is 0.269 e. The van der Waals surface area contributed by atoms with E-state index in [1.54, 1.807) is 23.6 Å². The van der Waals surface area contributed by atoms with Gasteiger partial charge >= 0.3 is 0 Å². The first-order valence-corrected chi connectivity index (χ1v) is 6.69. The van der Waals surface area contributed by atoms with Crippen LogP contribution in [0.25, 0.3) is 0 Å². The van der Waals surface area contributed by atoms with Gasteiger partial charge in [0.25, 0.3) is 5.91 Å². The minimum absolute atomic E-state index is 0.127. The Morgan fingerprint density at radius 3 is 3.06 bits per heavy atom. The molecule has 0 saturated heterocycles. The van der Waals surface area contributed by atoms with Crippen molar-refractivity contribution in [2.24, 2.45) is 0 Å². The average Bonchev–Trinajstić information content (AvgIpc) is 3.05. The summed E-state index contributed by atoms with van der Waals surface area (Å²) in [7, 11) is 0. The molecule has 18 heavy (non-hydrogen) atoms. The fourth-order valence-electron chi connectivity index (χ4n) is 1.58. The predicted octanol–water partition coefficient (Wildman–Crippen LogP) is 1.55. The van der Waals surface area contributed by atoms with Crippen LogP contribution in [0.3, 0.4) is 0 Å². The minimum Gasteiger partial charge on any atom is -0.349 e. The SMILES string of the molecule is C[C@H](NCCNC(=O)c1ccn[nH]1)c1cccs1. The monoisotopic (exact) mass is 264 g/mol. The summed E-state index contributed by atoms with van der Waals surface area (Å²) < 4.78 is 0. The lowest BCUT2D eigenvalue weighted by Crippen LogP contribution is -2.32. The van der Waals surface area contributed by atoms with Crippen LogP contribution in [0.4, 0.5) is 0 Å². The molecule has 1 amide bonds. The van der Waals surface area contributed by atoms with E-state index in [0.717, 1.165) is 6.54 Å². The third-order valence-electron chi connectivity index (χ3n) is 2.58. The Morgan fingerprint density at radius 2 is 2.39 bits per heavy atom. The Morgan fingerprint density at radius 1 is 1.50 bits per heavy atom. The first-order valence-electron chi connectivity index (χ1n) is 5.81. The summed E-state index contributed by atoms with van der Waals surface area (Å²) in [5, 5.41) is 14.6. The van der Waals surface area contributed by atoms with E-state index >= 15 is 0 Å². The minimum atomic E-state index is -0.127. The molecule has 2 rings (SSSR count). The van der Waals surface area contributed by atoms with Crippen LogP contribution in [-0.2, 0) is 0 Å². The largest absolute Gasteiger partial charge is 0.349 e. The van der Waals surface area contributed by atoms with Crippen LogP contribution < -0.4 is 10.6 Å². The maximum absolute atomic E-state index is 11.6. The smallest absolute Gasteiger partial charge is 0.269 e. The number of nitrogens with zero attached hydrogens (tertiary/aromatic N) is 1. The van der Waals surface area contributed by atoms with Gasteiger partial charge in [0.15, 0.2) is 0 Å². The molecular formula is C12H16N4OS. The molecule has 2 heterocycles. The molecular weight excluding hydrogens is 248 g/mol. The van der Waals surface area contributed by atoms with Crippen molar-refractivity contribution in [1.29, 1.82) is 0 Å². The van der Waals surface area contributed by atoms with Crippen molar-refractivity contribution in [3.63, 3.8) is 0 Å². The molecule has 0 unspecified atom stereocenters. The lowest BCUT2D eigenvalue weighted by Gasteiger charge is -2.12. The topological polar surface area (TPSA) is 69.8 Å². The van der Waals surface area contributed by atoms with E-state index < -0.39 is 0 Å². The number of carbonyl (C=O) groups is 1. The van der Waals surface area contributed by atoms with Gasteiger partial charge in [0.05, 0.1) is 0 Å². The van der Waals surface area contributed by atoms with Crippen LogP contribution in [0.2, 0.25) is 0 Å². The highest BCUT2D eigenvalue weighted by atomic mass is 32.1. The molecule has 1 atom stereocenters. The second-order valence-corrected chi connectivity index (χ2v) is 4.90. The summed E-state index contributed by atoms with van der Waals surface area (Å²) in [5.41, 5.74) is 0.487. The van der Waals surface area contributed by atoms with E-state index in [1.807, 2.05) is 6.07 Å². The van der Waals surface area contributed by atoms with Crippen molar-refractivity contribution >= 4 is 17.2 Å². The fourth-order valence-corrected chi connectivity index (χ4v) is 2.34. The Balaban J connectivity index is 1.66. The van der Waals surface area contributed by atoms with Gasteiger partial charge in [-0.25, -0.2) is 0 Å². The van der Waals surface area contributed by atoms with Crippen LogP contribution in [0, 0.1) is 0 Å². The van der Waals surface area contributed by atoms with E-state index in [2.05, 4.69) is 39.2 Å². The number of carbonyl (C=O) groups excluding carboxylic acids is 1. The normalized spacial score (nSPS) is 12.3. The molecule has 0 fully saturated rings. The fraction of sp³-hybridized carbons (Fsp3) is 0.333. The number of rotatable bonds is 6. The van der Waals surface area contributed by atoms with Gasteiger partial charge in [-0.05, 0) is 24.4 Å². The van der Waals surface area contributed by atoms with Crippen LogP contribution in [-0.4, -0.2) is 29.2 Å². The predicted molar refractivity (Wildman–Crippen MR) is 71.7 cm³/mol. The van der Waals surface area contributed by atoms with Crippen molar-refractivity contribution in [1.82, 2.24) is 20.8 Å². The summed E-state index contributed by atoms with van der Waals surface area (Å²) in [5.74, 6) is -0.127. The lowest BCUT2D eigenvalue weighted by molar-refractivity contribution is 0.0948. The van der Waals surface area contributed by atoms with Gasteiger partial charge in [-0.2, -0.15) is 5.10 Å². The highest BCUT2D eigenvalue weighted by Crippen LogP contribution is 2.17. The zero-order valence-corrected chi connectivity index (χ0v) is 11.0. The molecule has 0 aliphatic carbocycles. The Kier molecular flexibility index (Phi) is 4.49. The molecule has 2 aromatic heterocycles. The molecule has 0 aromatic carbocycles. The molecule has 0 radical (unpaired) electrons. The quantitative estimate of drug-likeness (QED) is 0.693. The van der Waals surface area contributed by atoms with Crippen molar-refractivity contribution in [3.05, 3.63) is 40.3 Å². The van der Waals surface area contributed by atoms with Crippen LogP contribution in [0.1, 0.15) is 28.3 Å². The summed E-state index contributed by atoms with van der Waals surface area (Å²) in [6, 6.07) is 6.11. The van der Waals surface area contributed by atoms with Gasteiger partial charge < -0.3 is 10.6 Å². The highest BCUT2D eigenvalue weighted by molar-refractivity contribution is 7.10. The number of aromatic nitrogens is 2. The van der Waals surface area contributed by atoms with E-state index in [-0.39, 0.29) is 5.91 Å². The number of thiophene rings is 1. The van der Waals surface area contributed by atoms with E-state index in [1.165, 1.54) is 4.88 Å². The van der Waals surface area contributed by atoms with Gasteiger partial charge in [0.1, 0.15) is 5.69 Å². The number of hydrogen-bond acceptors (Lipinski definition) is 4. The van der Waals surface area contributed by atoms with Crippen molar-refractivity contribution in [2.75, 3.05) is 13.1 Å². The van der Waals surface area contributed by atoms with E-state index in [9.17, 15) is 4.79 Å². The van der Waals surface area contributed by atoms with Crippen molar-refractivity contribution in [3.8, 4) is 0 Å². The number of H-pyrrole nitrogens is 1. The molecule has 0 saturated carbocycles. The average molecular weight is 264 g/mol. The third kappa shape index (κ3) is 3.41. The number of aromatic amines is 1. The Bertz CT molecular complexity index is 466. The number of nitrogens with one attached hydrogen (secondary N) is 3. The summed E-state index contributed by atoms with van der Waals surface area (Å²) in [4.78, 5) is 12.9. The third-order valence-corrected chi connectivity index (χ3v) is 3.63. The summed E-state index contributed by atoms with van der Waals surface area (Å²) in [6.45, 7) is 3.44. The first-order chi connectivity index (χ1) is 8.77. The Labute approximate surface area is 110 Å². The number of hydrogen-bond donors (Lipinski definition) is 3. The molecule has 0 bridgehead atoms. The van der Waals surface area contributed by atoms with Crippen molar-refractivity contribution < 1.29 is 4.79 Å². The van der Waals surface area contributed by atoms with Crippen molar-refractivity contribution in [2.45, 2.75) is 13.0 Å². The van der Waals surface area contributed by atoms with E-state index in [4.69, 9.17) is 0 Å². The maximum atomic E-state index is 11.6. The van der Waals surface area contributed by atoms with Gasteiger partial charge in [-0.15, -0.1) is 11.3 Å². The van der Waals surface area contributed by atoms with Gasteiger partial charge in [0.2, 0.25) is 0 Å². The molecule has 0 spiro atoms. The lowest BCUT2D eigenvalue weighted by atomic mass is 10.3. The molecule has 6 heteroatoms. The number of amides is 1. The molecule has 5 nitrogen and oxygen atoms in total. The molecule has 0 aliphatic rings. The second kappa shape index (κ2) is 6.32. The van der Waals surface area contributed by atoms with Gasteiger partial charge in [0, 0.05) is 30.2 Å². The standard InChI is InChI=1S/C12H16N4OS/c1-9(11-3-2-8-18-11)13-6-7-14-12(17)10-4-5-15-16-10/h2-5,8-9,13H,6-7H2,1H3,(H,14,17)(H,15,16)/t9-/m0/s1. The molecule has 3 N–H and O–H groups in total. The van der Waals surface area contributed by atoms with Gasteiger partial charge in [-0.1, -0.05) is 6.07 Å². The second-order valence-electron chi connectivity index (χ2n) is 3.92. The first kappa shape index (κ1) is 12.8. The van der Waals surface area contributed by atoms with Crippen LogP contribution in [0.15, 0.2) is 29.8 Å². The molecule has 96 valence electrons. The van der Waals surface area contributed by atoms with E-state index in [0.29, 0.717) is 18.3 Å². The Hall–Kier alpha value is -1.66. The van der Waals surface area contributed by atoms with Gasteiger partial charge in [-0.3, -0.25) is 9.89 Å². The highest BCUT2D eigenvalue weighted by Gasteiger charge is 2.07. The van der Waals surface area contributed by atoms with Crippen LogP contribution in [0.5, 0.6) is 0 Å². The molecule has 0 aliphatic heterocycles. The summed E-state index contributed by atoms with van der Waals surface area (Å²) >= 11 is 1.73. The summed E-state index contributed by atoms with van der Waals surface area (Å²) in [6.07, 6.45) is 1.56. The zero-order chi connectivity index (χ0) is 12.8.